The van der Waals surface area contributed by atoms with Gasteiger partial charge in [0, 0.05) is 6.42 Å². The Balaban J connectivity index is 2.20. The fourth-order valence-electron chi connectivity index (χ4n) is 1.76. The van der Waals surface area contributed by atoms with Crippen LogP contribution in [0.2, 0.25) is 5.22 Å². The summed E-state index contributed by atoms with van der Waals surface area (Å²) in [7, 11) is 3.12. The Hall–Kier alpha value is -1.94. The van der Waals surface area contributed by atoms with Crippen LogP contribution in [0.1, 0.15) is 15.9 Å². The number of methoxy groups -OCH3 is 2. The number of hydrogen-bond acceptors (Lipinski definition) is 4. The summed E-state index contributed by atoms with van der Waals surface area (Å²) in [6.45, 7) is 0. The zero-order valence-corrected chi connectivity index (χ0v) is 11.4. The molecule has 4 nitrogen and oxygen atoms in total. The van der Waals surface area contributed by atoms with E-state index in [2.05, 4.69) is 0 Å². The summed E-state index contributed by atoms with van der Waals surface area (Å²) < 4.78 is 15.2. The SMILES string of the molecule is COc1ccc(CC(=O)c2ccoc2Cl)cc1OC. The second kappa shape index (κ2) is 5.80. The van der Waals surface area contributed by atoms with E-state index in [1.54, 1.807) is 32.4 Å². The van der Waals surface area contributed by atoms with Crippen molar-refractivity contribution in [3.8, 4) is 11.5 Å². The van der Waals surface area contributed by atoms with Gasteiger partial charge >= 0.3 is 0 Å². The van der Waals surface area contributed by atoms with E-state index in [4.69, 9.17) is 25.5 Å². The van der Waals surface area contributed by atoms with Crippen LogP contribution in [0.15, 0.2) is 34.9 Å². The molecule has 5 heteroatoms. The molecule has 19 heavy (non-hydrogen) atoms. The van der Waals surface area contributed by atoms with E-state index in [-0.39, 0.29) is 17.4 Å². The Kier molecular flexibility index (Phi) is 4.12. The molecule has 1 aromatic carbocycles. The highest BCUT2D eigenvalue weighted by Gasteiger charge is 2.14. The van der Waals surface area contributed by atoms with Gasteiger partial charge in [-0.3, -0.25) is 4.79 Å². The number of rotatable bonds is 5. The normalized spacial score (nSPS) is 10.3. The van der Waals surface area contributed by atoms with Crippen molar-refractivity contribution >= 4 is 17.4 Å². The molecule has 2 aromatic rings. The smallest absolute Gasteiger partial charge is 0.203 e. The molecule has 1 heterocycles. The molecule has 0 N–H and O–H groups in total. The summed E-state index contributed by atoms with van der Waals surface area (Å²) in [5, 5.41) is 0.116. The molecule has 0 fully saturated rings. The maximum atomic E-state index is 12.0. The van der Waals surface area contributed by atoms with Gasteiger partial charge < -0.3 is 13.9 Å². The summed E-state index contributed by atoms with van der Waals surface area (Å²) in [5.41, 5.74) is 1.20. The number of benzene rings is 1. The molecule has 0 radical (unpaired) electrons. The Bertz CT molecular complexity index is 589. The molecular formula is C14H13ClO4. The minimum Gasteiger partial charge on any atom is -0.493 e. The quantitative estimate of drug-likeness (QED) is 0.788. The zero-order chi connectivity index (χ0) is 13.8. The van der Waals surface area contributed by atoms with E-state index in [1.807, 2.05) is 6.07 Å². The van der Waals surface area contributed by atoms with E-state index in [9.17, 15) is 4.79 Å². The topological polar surface area (TPSA) is 48.7 Å². The van der Waals surface area contributed by atoms with Gasteiger partial charge in [-0.05, 0) is 35.4 Å². The highest BCUT2D eigenvalue weighted by Crippen LogP contribution is 2.28. The first-order valence-corrected chi connectivity index (χ1v) is 6.00. The van der Waals surface area contributed by atoms with Crippen molar-refractivity contribution in [2.45, 2.75) is 6.42 Å². The zero-order valence-electron chi connectivity index (χ0n) is 10.6. The van der Waals surface area contributed by atoms with Crippen LogP contribution in [0.3, 0.4) is 0 Å². The van der Waals surface area contributed by atoms with Gasteiger partial charge in [0.1, 0.15) is 0 Å². The van der Waals surface area contributed by atoms with E-state index < -0.39 is 0 Å². The van der Waals surface area contributed by atoms with Gasteiger partial charge in [0.15, 0.2) is 17.3 Å². The third-order valence-electron chi connectivity index (χ3n) is 2.73. The summed E-state index contributed by atoms with van der Waals surface area (Å²) in [5.74, 6) is 1.11. The van der Waals surface area contributed by atoms with Crippen LogP contribution >= 0.6 is 11.6 Å². The molecule has 0 aliphatic carbocycles. The second-order valence-corrected chi connectivity index (χ2v) is 4.24. The molecule has 0 aliphatic rings. The molecule has 0 saturated carbocycles. The number of ether oxygens (including phenoxy) is 2. The van der Waals surface area contributed by atoms with E-state index in [0.717, 1.165) is 5.56 Å². The maximum absolute atomic E-state index is 12.0. The monoisotopic (exact) mass is 280 g/mol. The average Bonchev–Trinajstić information content (AvgIpc) is 2.85. The summed E-state index contributed by atoms with van der Waals surface area (Å²) in [6, 6.07) is 6.90. The summed E-state index contributed by atoms with van der Waals surface area (Å²) in [6.07, 6.45) is 1.61. The molecular weight excluding hydrogens is 268 g/mol. The standard InChI is InChI=1S/C14H13ClO4/c1-17-12-4-3-9(8-13(12)18-2)7-11(16)10-5-6-19-14(10)15/h3-6,8H,7H2,1-2H3. The van der Waals surface area contributed by atoms with Gasteiger partial charge in [-0.1, -0.05) is 6.07 Å². The van der Waals surface area contributed by atoms with Gasteiger partial charge in [-0.25, -0.2) is 0 Å². The number of furan rings is 1. The Morgan fingerprint density at radius 2 is 1.95 bits per heavy atom. The third-order valence-corrected chi connectivity index (χ3v) is 3.02. The van der Waals surface area contributed by atoms with Crippen molar-refractivity contribution < 1.29 is 18.7 Å². The maximum Gasteiger partial charge on any atom is 0.203 e. The van der Waals surface area contributed by atoms with Crippen molar-refractivity contribution in [3.05, 3.63) is 46.9 Å². The van der Waals surface area contributed by atoms with Crippen molar-refractivity contribution in [2.24, 2.45) is 0 Å². The van der Waals surface area contributed by atoms with E-state index in [1.165, 1.54) is 6.26 Å². The first kappa shape index (κ1) is 13.5. The molecule has 0 aliphatic heterocycles. The van der Waals surface area contributed by atoms with Gasteiger partial charge in [0.05, 0.1) is 26.0 Å². The average molecular weight is 281 g/mol. The summed E-state index contributed by atoms with van der Waals surface area (Å²) >= 11 is 5.77. The molecule has 0 unspecified atom stereocenters. The van der Waals surface area contributed by atoms with Crippen molar-refractivity contribution in [1.29, 1.82) is 0 Å². The summed E-state index contributed by atoms with van der Waals surface area (Å²) in [4.78, 5) is 12.0. The highest BCUT2D eigenvalue weighted by molar-refractivity contribution is 6.32. The predicted molar refractivity (Wildman–Crippen MR) is 71.3 cm³/mol. The van der Waals surface area contributed by atoms with Gasteiger partial charge in [-0.2, -0.15) is 0 Å². The van der Waals surface area contributed by atoms with Crippen molar-refractivity contribution in [1.82, 2.24) is 0 Å². The van der Waals surface area contributed by atoms with Crippen molar-refractivity contribution in [2.75, 3.05) is 14.2 Å². The number of halogens is 1. The number of hydrogen-bond donors (Lipinski definition) is 0. The number of Topliss-reactive ketones (excluding diaryl/α,β-unsaturated/α-hetero) is 1. The molecule has 0 bridgehead atoms. The first-order chi connectivity index (χ1) is 9.15. The second-order valence-electron chi connectivity index (χ2n) is 3.90. The highest BCUT2D eigenvalue weighted by atomic mass is 35.5. The minimum atomic E-state index is -0.106. The molecule has 2 rings (SSSR count). The van der Waals surface area contributed by atoms with Crippen molar-refractivity contribution in [3.63, 3.8) is 0 Å². The van der Waals surface area contributed by atoms with Crippen LogP contribution in [-0.2, 0) is 6.42 Å². The molecule has 1 aromatic heterocycles. The Morgan fingerprint density at radius 1 is 1.21 bits per heavy atom. The van der Waals surface area contributed by atoms with E-state index >= 15 is 0 Å². The Morgan fingerprint density at radius 3 is 2.53 bits per heavy atom. The van der Waals surface area contributed by atoms with Crippen LogP contribution in [-0.4, -0.2) is 20.0 Å². The molecule has 0 saturated heterocycles. The number of carbonyl (C=O) groups excluding carboxylic acids is 1. The van der Waals surface area contributed by atoms with Crippen LogP contribution in [0.4, 0.5) is 0 Å². The number of ketones is 1. The lowest BCUT2D eigenvalue weighted by Crippen LogP contribution is -2.03. The lowest BCUT2D eigenvalue weighted by molar-refractivity contribution is 0.0992. The Labute approximate surface area is 115 Å². The molecule has 0 spiro atoms. The first-order valence-electron chi connectivity index (χ1n) is 5.62. The molecule has 0 atom stereocenters. The fourth-order valence-corrected chi connectivity index (χ4v) is 1.98. The van der Waals surface area contributed by atoms with Crippen LogP contribution < -0.4 is 9.47 Å². The van der Waals surface area contributed by atoms with Gasteiger partial charge in [0.25, 0.3) is 0 Å². The lowest BCUT2D eigenvalue weighted by Gasteiger charge is -2.09. The van der Waals surface area contributed by atoms with Crippen LogP contribution in [0.5, 0.6) is 11.5 Å². The van der Waals surface area contributed by atoms with E-state index in [0.29, 0.717) is 17.1 Å². The van der Waals surface area contributed by atoms with Gasteiger partial charge in [0.2, 0.25) is 5.22 Å². The third kappa shape index (κ3) is 2.90. The minimum absolute atomic E-state index is 0.106. The molecule has 0 amide bonds. The predicted octanol–water partition coefficient (Wildman–Crippen LogP) is 3.38. The van der Waals surface area contributed by atoms with Gasteiger partial charge in [-0.15, -0.1) is 0 Å². The molecule has 100 valence electrons. The lowest BCUT2D eigenvalue weighted by atomic mass is 10.0. The fraction of sp³-hybridized carbons (Fsp3) is 0.214. The largest absolute Gasteiger partial charge is 0.493 e. The number of carbonyl (C=O) groups is 1. The van der Waals surface area contributed by atoms with Crippen LogP contribution in [0.25, 0.3) is 0 Å². The van der Waals surface area contributed by atoms with Crippen LogP contribution in [0, 0.1) is 0 Å².